The molecule has 1 aliphatic carbocycles. The first-order valence-corrected chi connectivity index (χ1v) is 4.17. The number of hydrogen-bond donors (Lipinski definition) is 3. The van der Waals surface area contributed by atoms with Crippen molar-refractivity contribution in [1.29, 1.82) is 0 Å². The largest absolute Gasteiger partial charge is 0.393 e. The molecule has 11 heavy (non-hydrogen) atoms. The van der Waals surface area contributed by atoms with Crippen molar-refractivity contribution < 1.29 is 15.3 Å². The fourth-order valence-corrected chi connectivity index (χ4v) is 1.72. The van der Waals surface area contributed by atoms with Gasteiger partial charge in [0, 0.05) is 5.92 Å². The molecular formula is C8H16O3. The molecule has 0 spiro atoms. The summed E-state index contributed by atoms with van der Waals surface area (Å²) >= 11 is 0. The molecule has 0 bridgehead atoms. The van der Waals surface area contributed by atoms with Gasteiger partial charge in [-0.05, 0) is 19.8 Å². The molecule has 0 aromatic rings. The first kappa shape index (κ1) is 8.97. The molecule has 3 N–H and O–H groups in total. The monoisotopic (exact) mass is 160 g/mol. The van der Waals surface area contributed by atoms with Gasteiger partial charge in [0.1, 0.15) is 0 Å². The summed E-state index contributed by atoms with van der Waals surface area (Å²) in [5.41, 5.74) is 0. The fraction of sp³-hybridized carbons (Fsp3) is 1.00. The van der Waals surface area contributed by atoms with E-state index < -0.39 is 18.3 Å². The summed E-state index contributed by atoms with van der Waals surface area (Å²) in [5.74, 6) is -0.140. The Morgan fingerprint density at radius 1 is 1.27 bits per heavy atom. The molecule has 3 heteroatoms. The van der Waals surface area contributed by atoms with Crippen LogP contribution in [0.1, 0.15) is 26.2 Å². The maximum absolute atomic E-state index is 9.40. The molecule has 0 aliphatic heterocycles. The summed E-state index contributed by atoms with van der Waals surface area (Å²) in [6.07, 6.45) is 0.487. The minimum Gasteiger partial charge on any atom is -0.393 e. The van der Waals surface area contributed by atoms with Gasteiger partial charge in [0.05, 0.1) is 18.3 Å². The van der Waals surface area contributed by atoms with Crippen molar-refractivity contribution in [2.75, 3.05) is 0 Å². The highest BCUT2D eigenvalue weighted by Gasteiger charge is 2.32. The Hall–Kier alpha value is -0.120. The van der Waals surface area contributed by atoms with Crippen LogP contribution in [0.25, 0.3) is 0 Å². The molecule has 0 heterocycles. The maximum Gasteiger partial charge on any atom is 0.0851 e. The average molecular weight is 160 g/mol. The summed E-state index contributed by atoms with van der Waals surface area (Å²) in [6.45, 7) is 1.66. The zero-order chi connectivity index (χ0) is 8.43. The van der Waals surface area contributed by atoms with Crippen molar-refractivity contribution in [3.8, 4) is 0 Å². The van der Waals surface area contributed by atoms with E-state index in [1.54, 1.807) is 6.92 Å². The predicted molar refractivity (Wildman–Crippen MR) is 41.0 cm³/mol. The second kappa shape index (κ2) is 3.52. The van der Waals surface area contributed by atoms with Gasteiger partial charge in [0.15, 0.2) is 0 Å². The second-order valence-corrected chi connectivity index (χ2v) is 3.39. The van der Waals surface area contributed by atoms with Crippen LogP contribution in [0.5, 0.6) is 0 Å². The number of aliphatic hydroxyl groups excluding tert-OH is 3. The van der Waals surface area contributed by atoms with E-state index in [1.807, 2.05) is 0 Å². The Morgan fingerprint density at radius 3 is 2.36 bits per heavy atom. The van der Waals surface area contributed by atoms with Crippen molar-refractivity contribution >= 4 is 0 Å². The minimum absolute atomic E-state index is 0.140. The third-order valence-electron chi connectivity index (χ3n) is 2.49. The average Bonchev–Trinajstić information content (AvgIpc) is 1.94. The highest BCUT2D eigenvalue weighted by molar-refractivity contribution is 4.83. The van der Waals surface area contributed by atoms with E-state index in [-0.39, 0.29) is 5.92 Å². The normalized spacial score (nSPS) is 42.0. The van der Waals surface area contributed by atoms with Crippen LogP contribution in [-0.4, -0.2) is 33.6 Å². The minimum atomic E-state index is -0.733. The molecule has 4 atom stereocenters. The quantitative estimate of drug-likeness (QED) is 0.501. The van der Waals surface area contributed by atoms with Crippen molar-refractivity contribution in [2.45, 2.75) is 44.5 Å². The molecule has 0 aromatic heterocycles. The lowest BCUT2D eigenvalue weighted by Gasteiger charge is -2.33. The summed E-state index contributed by atoms with van der Waals surface area (Å²) in [7, 11) is 0. The van der Waals surface area contributed by atoms with Gasteiger partial charge >= 0.3 is 0 Å². The van der Waals surface area contributed by atoms with Crippen molar-refractivity contribution in [2.24, 2.45) is 5.92 Å². The zero-order valence-corrected chi connectivity index (χ0v) is 6.77. The molecule has 1 fully saturated rings. The van der Waals surface area contributed by atoms with Gasteiger partial charge in [-0.1, -0.05) is 6.42 Å². The molecule has 1 saturated carbocycles. The van der Waals surface area contributed by atoms with Crippen LogP contribution >= 0.6 is 0 Å². The lowest BCUT2D eigenvalue weighted by molar-refractivity contribution is -0.0784. The molecule has 0 saturated heterocycles. The predicted octanol–water partition coefficient (Wildman–Crippen LogP) is -0.111. The van der Waals surface area contributed by atoms with Gasteiger partial charge in [-0.25, -0.2) is 0 Å². The lowest BCUT2D eigenvalue weighted by atomic mass is 9.81. The standard InChI is InChI=1S/C8H16O3/c1-5(9)6-3-2-4-7(10)8(6)11/h5-11H,2-4H2,1H3/t5-,6+,7-,8+/m0/s1. The Balaban J connectivity index is 2.51. The van der Waals surface area contributed by atoms with Crippen LogP contribution in [0.2, 0.25) is 0 Å². The number of hydrogen-bond acceptors (Lipinski definition) is 3. The molecule has 0 amide bonds. The van der Waals surface area contributed by atoms with Crippen molar-refractivity contribution in [3.63, 3.8) is 0 Å². The van der Waals surface area contributed by atoms with Crippen molar-refractivity contribution in [1.82, 2.24) is 0 Å². The van der Waals surface area contributed by atoms with E-state index in [0.717, 1.165) is 12.8 Å². The van der Waals surface area contributed by atoms with Crippen LogP contribution < -0.4 is 0 Å². The fourth-order valence-electron chi connectivity index (χ4n) is 1.72. The van der Waals surface area contributed by atoms with Crippen LogP contribution in [-0.2, 0) is 0 Å². The van der Waals surface area contributed by atoms with Crippen molar-refractivity contribution in [3.05, 3.63) is 0 Å². The van der Waals surface area contributed by atoms with Gasteiger partial charge in [0.25, 0.3) is 0 Å². The van der Waals surface area contributed by atoms with E-state index in [2.05, 4.69) is 0 Å². The summed E-state index contributed by atoms with van der Waals surface area (Å²) in [5, 5.41) is 27.8. The van der Waals surface area contributed by atoms with Gasteiger partial charge in [0.2, 0.25) is 0 Å². The summed E-state index contributed by atoms with van der Waals surface area (Å²) in [4.78, 5) is 0. The van der Waals surface area contributed by atoms with Gasteiger partial charge < -0.3 is 15.3 Å². The third-order valence-corrected chi connectivity index (χ3v) is 2.49. The van der Waals surface area contributed by atoms with Gasteiger partial charge in [-0.15, -0.1) is 0 Å². The van der Waals surface area contributed by atoms with E-state index in [0.29, 0.717) is 6.42 Å². The number of rotatable bonds is 1. The summed E-state index contributed by atoms with van der Waals surface area (Å²) < 4.78 is 0. The van der Waals surface area contributed by atoms with E-state index >= 15 is 0 Å². The highest BCUT2D eigenvalue weighted by atomic mass is 16.3. The van der Waals surface area contributed by atoms with E-state index in [1.165, 1.54) is 0 Å². The first-order valence-electron chi connectivity index (χ1n) is 4.17. The first-order chi connectivity index (χ1) is 5.13. The van der Waals surface area contributed by atoms with E-state index in [9.17, 15) is 15.3 Å². The van der Waals surface area contributed by atoms with Gasteiger partial charge in [-0.2, -0.15) is 0 Å². The number of aliphatic hydroxyl groups is 3. The second-order valence-electron chi connectivity index (χ2n) is 3.39. The molecule has 66 valence electrons. The molecule has 0 radical (unpaired) electrons. The Bertz CT molecular complexity index is 125. The van der Waals surface area contributed by atoms with Crippen LogP contribution in [0.15, 0.2) is 0 Å². The molecule has 1 rings (SSSR count). The molecule has 0 aromatic carbocycles. The Kier molecular flexibility index (Phi) is 2.87. The third kappa shape index (κ3) is 1.92. The Morgan fingerprint density at radius 2 is 1.91 bits per heavy atom. The molecule has 1 aliphatic rings. The van der Waals surface area contributed by atoms with E-state index in [4.69, 9.17) is 0 Å². The van der Waals surface area contributed by atoms with Gasteiger partial charge in [-0.3, -0.25) is 0 Å². The molecule has 3 nitrogen and oxygen atoms in total. The molecule has 0 unspecified atom stereocenters. The SMILES string of the molecule is C[C@H](O)[C@H]1CCC[C@H](O)[C@@H]1O. The molecular weight excluding hydrogens is 144 g/mol. The topological polar surface area (TPSA) is 60.7 Å². The zero-order valence-electron chi connectivity index (χ0n) is 6.77. The highest BCUT2D eigenvalue weighted by Crippen LogP contribution is 2.27. The maximum atomic E-state index is 9.40. The lowest BCUT2D eigenvalue weighted by Crippen LogP contribution is -2.42. The van der Waals surface area contributed by atoms with Crippen LogP contribution in [0.4, 0.5) is 0 Å². The van der Waals surface area contributed by atoms with Crippen LogP contribution in [0, 0.1) is 5.92 Å². The Labute approximate surface area is 66.7 Å². The summed E-state index contributed by atoms with van der Waals surface area (Å²) in [6, 6.07) is 0. The smallest absolute Gasteiger partial charge is 0.0851 e. The van der Waals surface area contributed by atoms with Crippen LogP contribution in [0.3, 0.4) is 0 Å².